The summed E-state index contributed by atoms with van der Waals surface area (Å²) in [6.07, 6.45) is 1.56. The van der Waals surface area contributed by atoms with Crippen molar-refractivity contribution in [1.29, 1.82) is 0 Å². The third kappa shape index (κ3) is 3.30. The van der Waals surface area contributed by atoms with E-state index >= 15 is 0 Å². The van der Waals surface area contributed by atoms with E-state index < -0.39 is 6.04 Å². The smallest absolute Gasteiger partial charge is 0.244 e. The third-order valence-electron chi connectivity index (χ3n) is 4.58. The number of rotatable bonds is 3. The van der Waals surface area contributed by atoms with Crippen LogP contribution in [0.2, 0.25) is 0 Å². The Bertz CT molecular complexity index is 691. The lowest BCUT2D eigenvalue weighted by molar-refractivity contribution is -0.120. The van der Waals surface area contributed by atoms with Gasteiger partial charge >= 0.3 is 0 Å². The number of carbonyl (C=O) groups excluding carboxylic acids is 1. The average Bonchev–Trinajstić information content (AvgIpc) is 2.68. The summed E-state index contributed by atoms with van der Waals surface area (Å²) in [5.74, 6) is 0.529. The van der Waals surface area contributed by atoms with E-state index in [1.165, 1.54) is 11.1 Å². The first-order valence-electron chi connectivity index (χ1n) is 8.30. The number of nitrogens with two attached hydrogens (primary N) is 1. The summed E-state index contributed by atoms with van der Waals surface area (Å²) in [4.78, 5) is 14.5. The molecule has 1 heterocycles. The minimum absolute atomic E-state index is 0.0166. The molecule has 0 saturated heterocycles. The van der Waals surface area contributed by atoms with Crippen molar-refractivity contribution in [2.75, 3.05) is 4.90 Å². The molecule has 0 aromatic heterocycles. The molecule has 3 heteroatoms. The lowest BCUT2D eigenvalue weighted by atomic mass is 10.0. The highest BCUT2D eigenvalue weighted by Crippen LogP contribution is 2.28. The van der Waals surface area contributed by atoms with Crippen LogP contribution in [0.15, 0.2) is 48.5 Å². The third-order valence-corrected chi connectivity index (χ3v) is 4.58. The van der Waals surface area contributed by atoms with Crippen LogP contribution in [0.1, 0.15) is 42.9 Å². The fraction of sp³-hybridized carbons (Fsp3) is 0.350. The fourth-order valence-corrected chi connectivity index (χ4v) is 3.09. The minimum atomic E-state index is -0.419. The minimum Gasteiger partial charge on any atom is -0.320 e. The Balaban J connectivity index is 1.91. The molecular formula is C20H24N2O. The molecule has 2 N–H and O–H groups in total. The van der Waals surface area contributed by atoms with Crippen LogP contribution < -0.4 is 10.6 Å². The largest absolute Gasteiger partial charge is 0.320 e. The van der Waals surface area contributed by atoms with Gasteiger partial charge in [-0.2, -0.15) is 0 Å². The van der Waals surface area contributed by atoms with Crippen LogP contribution in [0, 0.1) is 0 Å². The van der Waals surface area contributed by atoms with Gasteiger partial charge in [-0.15, -0.1) is 0 Å². The van der Waals surface area contributed by atoms with E-state index in [0.717, 1.165) is 17.7 Å². The molecule has 0 fully saturated rings. The summed E-state index contributed by atoms with van der Waals surface area (Å²) >= 11 is 0. The number of para-hydroxylation sites is 1. The Kier molecular flexibility index (Phi) is 4.49. The first kappa shape index (κ1) is 15.8. The molecular weight excluding hydrogens is 284 g/mol. The number of carbonyl (C=O) groups is 1. The van der Waals surface area contributed by atoms with E-state index in [4.69, 9.17) is 5.73 Å². The molecule has 120 valence electrons. The zero-order valence-electron chi connectivity index (χ0n) is 13.8. The van der Waals surface area contributed by atoms with E-state index in [2.05, 4.69) is 44.2 Å². The second-order valence-electron chi connectivity index (χ2n) is 6.59. The predicted octanol–water partition coefficient (Wildman–Crippen LogP) is 3.62. The topological polar surface area (TPSA) is 46.3 Å². The molecule has 0 spiro atoms. The Morgan fingerprint density at radius 3 is 2.52 bits per heavy atom. The summed E-state index contributed by atoms with van der Waals surface area (Å²) < 4.78 is 0. The zero-order chi connectivity index (χ0) is 16.4. The molecule has 0 radical (unpaired) electrons. The standard InChI is InChI=1S/C20H24N2O/c1-14(2)16-9-7-15(8-10-16)13-22-19-6-4-3-5-17(19)11-12-18(21)20(22)23/h3-10,14,18H,11-13,21H2,1-2H3/t18-/m1/s1. The lowest BCUT2D eigenvalue weighted by Gasteiger charge is -2.25. The molecule has 3 rings (SSSR count). The summed E-state index contributed by atoms with van der Waals surface area (Å²) in [5.41, 5.74) is 10.7. The van der Waals surface area contributed by atoms with Crippen LogP contribution in [0.3, 0.4) is 0 Å². The van der Waals surface area contributed by atoms with Crippen molar-refractivity contribution in [1.82, 2.24) is 0 Å². The maximum Gasteiger partial charge on any atom is 0.244 e. The monoisotopic (exact) mass is 308 g/mol. The Morgan fingerprint density at radius 1 is 1.13 bits per heavy atom. The molecule has 0 bridgehead atoms. The number of amides is 1. The number of hydrogen-bond donors (Lipinski definition) is 1. The first-order valence-corrected chi connectivity index (χ1v) is 8.30. The van der Waals surface area contributed by atoms with Crippen LogP contribution >= 0.6 is 0 Å². The van der Waals surface area contributed by atoms with Crippen LogP contribution in [0.5, 0.6) is 0 Å². The van der Waals surface area contributed by atoms with Gasteiger partial charge < -0.3 is 10.6 Å². The number of nitrogens with zero attached hydrogens (tertiary/aromatic N) is 1. The van der Waals surface area contributed by atoms with Crippen molar-refractivity contribution >= 4 is 11.6 Å². The van der Waals surface area contributed by atoms with Gasteiger partial charge in [0.2, 0.25) is 5.91 Å². The summed E-state index contributed by atoms with van der Waals surface area (Å²) in [6.45, 7) is 4.94. The van der Waals surface area contributed by atoms with Crippen LogP contribution in [-0.2, 0) is 17.8 Å². The van der Waals surface area contributed by atoms with E-state index in [9.17, 15) is 4.79 Å². The van der Waals surface area contributed by atoms with Crippen LogP contribution in [-0.4, -0.2) is 11.9 Å². The van der Waals surface area contributed by atoms with Crippen molar-refractivity contribution in [3.05, 3.63) is 65.2 Å². The maximum atomic E-state index is 12.7. The lowest BCUT2D eigenvalue weighted by Crippen LogP contribution is -2.42. The molecule has 1 aliphatic heterocycles. The molecule has 2 aromatic carbocycles. The van der Waals surface area contributed by atoms with Gasteiger partial charge in [-0.1, -0.05) is 56.3 Å². The molecule has 0 aliphatic carbocycles. The van der Waals surface area contributed by atoms with Crippen molar-refractivity contribution in [2.45, 2.75) is 45.2 Å². The Morgan fingerprint density at radius 2 is 1.83 bits per heavy atom. The van der Waals surface area contributed by atoms with Crippen LogP contribution in [0.4, 0.5) is 5.69 Å². The van der Waals surface area contributed by atoms with Crippen molar-refractivity contribution in [2.24, 2.45) is 5.73 Å². The Labute approximate surface area is 138 Å². The fourth-order valence-electron chi connectivity index (χ4n) is 3.09. The van der Waals surface area contributed by atoms with E-state index in [0.29, 0.717) is 18.9 Å². The van der Waals surface area contributed by atoms with Gasteiger partial charge in [-0.3, -0.25) is 4.79 Å². The molecule has 3 nitrogen and oxygen atoms in total. The van der Waals surface area contributed by atoms with Gasteiger partial charge in [0.15, 0.2) is 0 Å². The molecule has 1 aliphatic rings. The van der Waals surface area contributed by atoms with E-state index in [1.807, 2.05) is 23.1 Å². The highest BCUT2D eigenvalue weighted by atomic mass is 16.2. The first-order chi connectivity index (χ1) is 11.1. The molecule has 1 amide bonds. The molecule has 1 atom stereocenters. The number of anilines is 1. The van der Waals surface area contributed by atoms with Gasteiger partial charge in [0, 0.05) is 5.69 Å². The normalized spacial score (nSPS) is 18.0. The van der Waals surface area contributed by atoms with Crippen molar-refractivity contribution < 1.29 is 4.79 Å². The van der Waals surface area contributed by atoms with Gasteiger partial charge in [0.25, 0.3) is 0 Å². The van der Waals surface area contributed by atoms with Gasteiger partial charge in [-0.25, -0.2) is 0 Å². The maximum absolute atomic E-state index is 12.7. The van der Waals surface area contributed by atoms with Gasteiger partial charge in [0.05, 0.1) is 12.6 Å². The average molecular weight is 308 g/mol. The van der Waals surface area contributed by atoms with Gasteiger partial charge in [-0.05, 0) is 41.5 Å². The van der Waals surface area contributed by atoms with E-state index in [-0.39, 0.29) is 5.91 Å². The number of aryl methyl sites for hydroxylation is 1. The zero-order valence-corrected chi connectivity index (χ0v) is 13.8. The molecule has 2 aromatic rings. The SMILES string of the molecule is CC(C)c1ccc(CN2C(=O)[C@H](N)CCc3ccccc32)cc1. The summed E-state index contributed by atoms with van der Waals surface area (Å²) in [5, 5.41) is 0. The van der Waals surface area contributed by atoms with Crippen LogP contribution in [0.25, 0.3) is 0 Å². The number of benzene rings is 2. The highest BCUT2D eigenvalue weighted by molar-refractivity contribution is 5.98. The second-order valence-corrected chi connectivity index (χ2v) is 6.59. The molecule has 0 saturated carbocycles. The predicted molar refractivity (Wildman–Crippen MR) is 94.5 cm³/mol. The quantitative estimate of drug-likeness (QED) is 0.941. The van der Waals surface area contributed by atoms with E-state index in [1.54, 1.807) is 0 Å². The Hall–Kier alpha value is -2.13. The van der Waals surface area contributed by atoms with Crippen molar-refractivity contribution in [3.63, 3.8) is 0 Å². The van der Waals surface area contributed by atoms with Gasteiger partial charge in [0.1, 0.15) is 0 Å². The molecule has 23 heavy (non-hydrogen) atoms. The molecule has 0 unspecified atom stereocenters. The summed E-state index contributed by atoms with van der Waals surface area (Å²) in [6, 6.07) is 16.2. The second kappa shape index (κ2) is 6.55. The van der Waals surface area contributed by atoms with Crippen molar-refractivity contribution in [3.8, 4) is 0 Å². The highest BCUT2D eigenvalue weighted by Gasteiger charge is 2.27. The number of hydrogen-bond acceptors (Lipinski definition) is 2. The summed E-state index contributed by atoms with van der Waals surface area (Å²) in [7, 11) is 0. The number of fused-ring (bicyclic) bond motifs is 1.